The number of likely N-dealkylation sites (tertiary alicyclic amines) is 1. The fourth-order valence-corrected chi connectivity index (χ4v) is 4.85. The summed E-state index contributed by atoms with van der Waals surface area (Å²) in [6.45, 7) is 2.03. The second kappa shape index (κ2) is 8.61. The predicted molar refractivity (Wildman–Crippen MR) is 117 cm³/mol. The quantitative estimate of drug-likeness (QED) is 0.646. The number of rotatable bonds is 4. The van der Waals surface area contributed by atoms with Gasteiger partial charge in [0, 0.05) is 22.5 Å². The van der Waals surface area contributed by atoms with Gasteiger partial charge in [-0.05, 0) is 61.2 Å². The first-order chi connectivity index (χ1) is 14.9. The van der Waals surface area contributed by atoms with Crippen LogP contribution in [0.4, 0.5) is 4.39 Å². The highest BCUT2D eigenvalue weighted by atomic mass is 32.1. The Bertz CT molecular complexity index is 1050. The molecule has 7 heteroatoms. The van der Waals surface area contributed by atoms with E-state index in [1.54, 1.807) is 36.1 Å². The molecular formula is C24H23FN2O3S. The maximum Gasteiger partial charge on any atom is 0.254 e. The number of aliphatic hydroxyl groups is 1. The van der Waals surface area contributed by atoms with Crippen LogP contribution in [0.25, 0.3) is 0 Å². The average Bonchev–Trinajstić information content (AvgIpc) is 3.30. The normalized spacial score (nSPS) is 23.4. The van der Waals surface area contributed by atoms with E-state index in [1.165, 1.54) is 35.6 Å². The van der Waals surface area contributed by atoms with Crippen molar-refractivity contribution < 1.29 is 19.1 Å². The number of carbonyl (C=O) groups excluding carboxylic acids is 2. The molecule has 2 aromatic carbocycles. The molecule has 31 heavy (non-hydrogen) atoms. The molecule has 1 saturated heterocycles. The minimum absolute atomic E-state index is 0.157. The van der Waals surface area contributed by atoms with Gasteiger partial charge in [-0.3, -0.25) is 9.59 Å². The number of hydrogen-bond acceptors (Lipinski definition) is 4. The molecule has 5 nitrogen and oxygen atoms in total. The van der Waals surface area contributed by atoms with E-state index >= 15 is 0 Å². The van der Waals surface area contributed by atoms with E-state index in [0.717, 1.165) is 4.88 Å². The van der Waals surface area contributed by atoms with E-state index in [1.807, 2.05) is 23.6 Å². The van der Waals surface area contributed by atoms with Crippen LogP contribution in [0.3, 0.4) is 0 Å². The SMILES string of the molecule is C[C@@]1(O)CCN(C(=O)c2ccccc2)[C@@H](c2cccs2)[C@@H]1NC(=O)c1ccc(F)cc1. The fraction of sp³-hybridized carbons (Fsp3) is 0.250. The standard InChI is InChI=1S/C24H23FN2O3S/c1-24(30)13-14-27(23(29)17-6-3-2-4-7-17)20(19-8-5-15-31-19)21(24)26-22(28)16-9-11-18(25)12-10-16/h2-12,15,20-21,30H,13-14H2,1H3,(H,26,28)/t20-,21-,24+/m0/s1. The number of halogens is 1. The van der Waals surface area contributed by atoms with Crippen LogP contribution >= 0.6 is 11.3 Å². The van der Waals surface area contributed by atoms with Crippen LogP contribution in [0.5, 0.6) is 0 Å². The third kappa shape index (κ3) is 4.38. The van der Waals surface area contributed by atoms with Crippen molar-refractivity contribution in [1.29, 1.82) is 0 Å². The van der Waals surface area contributed by atoms with Gasteiger partial charge in [0.05, 0.1) is 17.7 Å². The summed E-state index contributed by atoms with van der Waals surface area (Å²) in [6, 6.07) is 16.7. The van der Waals surface area contributed by atoms with Crippen molar-refractivity contribution in [2.75, 3.05) is 6.54 Å². The maximum absolute atomic E-state index is 13.3. The first-order valence-electron chi connectivity index (χ1n) is 10.0. The van der Waals surface area contributed by atoms with Gasteiger partial charge >= 0.3 is 0 Å². The Labute approximate surface area is 184 Å². The Morgan fingerprint density at radius 3 is 2.42 bits per heavy atom. The number of piperidine rings is 1. The first-order valence-corrected chi connectivity index (χ1v) is 10.9. The molecule has 0 saturated carbocycles. The fourth-order valence-electron chi connectivity index (χ4n) is 3.97. The number of thiophene rings is 1. The monoisotopic (exact) mass is 438 g/mol. The van der Waals surface area contributed by atoms with Crippen LogP contribution < -0.4 is 5.32 Å². The van der Waals surface area contributed by atoms with Crippen molar-refractivity contribution in [1.82, 2.24) is 10.2 Å². The zero-order chi connectivity index (χ0) is 22.0. The van der Waals surface area contributed by atoms with Crippen LogP contribution in [0.15, 0.2) is 72.1 Å². The summed E-state index contributed by atoms with van der Waals surface area (Å²) >= 11 is 1.47. The molecule has 0 bridgehead atoms. The second-order valence-corrected chi connectivity index (χ2v) is 8.87. The van der Waals surface area contributed by atoms with Crippen molar-refractivity contribution in [2.45, 2.75) is 31.0 Å². The molecule has 0 aliphatic carbocycles. The Morgan fingerprint density at radius 1 is 1.06 bits per heavy atom. The lowest BCUT2D eigenvalue weighted by atomic mass is 9.81. The summed E-state index contributed by atoms with van der Waals surface area (Å²) in [4.78, 5) is 28.9. The van der Waals surface area contributed by atoms with Gasteiger partial charge in [0.2, 0.25) is 0 Å². The van der Waals surface area contributed by atoms with E-state index < -0.39 is 29.4 Å². The number of benzene rings is 2. The Kier molecular flexibility index (Phi) is 5.89. The van der Waals surface area contributed by atoms with E-state index in [2.05, 4.69) is 5.32 Å². The average molecular weight is 439 g/mol. The van der Waals surface area contributed by atoms with E-state index in [-0.39, 0.29) is 11.5 Å². The molecule has 1 fully saturated rings. The predicted octanol–water partition coefficient (Wildman–Crippen LogP) is 4.02. The molecule has 2 N–H and O–H groups in total. The summed E-state index contributed by atoms with van der Waals surface area (Å²) in [5.41, 5.74) is -0.402. The molecule has 1 aliphatic heterocycles. The third-order valence-electron chi connectivity index (χ3n) is 5.69. The molecule has 4 rings (SSSR count). The van der Waals surface area contributed by atoms with Crippen LogP contribution in [0.1, 0.15) is 45.0 Å². The minimum Gasteiger partial charge on any atom is -0.388 e. The van der Waals surface area contributed by atoms with Crippen LogP contribution in [0, 0.1) is 5.82 Å². The van der Waals surface area contributed by atoms with Gasteiger partial charge in [0.1, 0.15) is 5.82 Å². The van der Waals surface area contributed by atoms with Gasteiger partial charge in [-0.25, -0.2) is 4.39 Å². The van der Waals surface area contributed by atoms with E-state index in [9.17, 15) is 19.1 Å². The Hall–Kier alpha value is -3.03. The smallest absolute Gasteiger partial charge is 0.254 e. The number of nitrogens with one attached hydrogen (secondary N) is 1. The van der Waals surface area contributed by atoms with Crippen LogP contribution in [-0.4, -0.2) is 40.0 Å². The molecule has 2 heterocycles. The lowest BCUT2D eigenvalue weighted by Gasteiger charge is -2.48. The number of nitrogens with zero attached hydrogens (tertiary/aromatic N) is 1. The van der Waals surface area contributed by atoms with Crippen LogP contribution in [0.2, 0.25) is 0 Å². The molecule has 160 valence electrons. The number of hydrogen-bond donors (Lipinski definition) is 2. The highest BCUT2D eigenvalue weighted by molar-refractivity contribution is 7.10. The molecular weight excluding hydrogens is 415 g/mol. The van der Waals surface area contributed by atoms with Crippen molar-refractivity contribution in [3.05, 3.63) is 93.9 Å². The van der Waals surface area contributed by atoms with Gasteiger partial charge in [-0.2, -0.15) is 0 Å². The topological polar surface area (TPSA) is 69.6 Å². The van der Waals surface area contributed by atoms with Gasteiger partial charge in [0.15, 0.2) is 0 Å². The van der Waals surface area contributed by atoms with Crippen molar-refractivity contribution in [2.24, 2.45) is 0 Å². The van der Waals surface area contributed by atoms with Crippen molar-refractivity contribution in [3.63, 3.8) is 0 Å². The molecule has 2 amide bonds. The lowest BCUT2D eigenvalue weighted by molar-refractivity contribution is -0.0541. The molecule has 1 aliphatic rings. The highest BCUT2D eigenvalue weighted by Crippen LogP contribution is 2.39. The van der Waals surface area contributed by atoms with Crippen molar-refractivity contribution >= 4 is 23.2 Å². The van der Waals surface area contributed by atoms with Crippen molar-refractivity contribution in [3.8, 4) is 0 Å². The first kappa shape index (κ1) is 21.2. The lowest BCUT2D eigenvalue weighted by Crippen LogP contribution is -2.63. The number of carbonyl (C=O) groups is 2. The third-order valence-corrected chi connectivity index (χ3v) is 6.63. The van der Waals surface area contributed by atoms with E-state index in [4.69, 9.17) is 0 Å². The molecule has 1 aromatic heterocycles. The zero-order valence-corrected chi connectivity index (χ0v) is 17.8. The number of amides is 2. The summed E-state index contributed by atoms with van der Waals surface area (Å²) in [5.74, 6) is -1.02. The summed E-state index contributed by atoms with van der Waals surface area (Å²) in [7, 11) is 0. The Balaban J connectivity index is 1.70. The van der Waals surface area contributed by atoms with Gasteiger partial charge in [-0.15, -0.1) is 11.3 Å². The summed E-state index contributed by atoms with van der Waals surface area (Å²) in [5, 5.41) is 16.0. The second-order valence-electron chi connectivity index (χ2n) is 7.89. The molecule has 0 unspecified atom stereocenters. The largest absolute Gasteiger partial charge is 0.388 e. The van der Waals surface area contributed by atoms with E-state index in [0.29, 0.717) is 18.5 Å². The molecule has 3 atom stereocenters. The highest BCUT2D eigenvalue weighted by Gasteiger charge is 2.48. The minimum atomic E-state index is -1.24. The van der Waals surface area contributed by atoms with Crippen LogP contribution in [-0.2, 0) is 0 Å². The van der Waals surface area contributed by atoms with Gasteiger partial charge in [0.25, 0.3) is 11.8 Å². The molecule has 0 spiro atoms. The maximum atomic E-state index is 13.3. The summed E-state index contributed by atoms with van der Waals surface area (Å²) in [6.07, 6.45) is 0.307. The van der Waals surface area contributed by atoms with Gasteiger partial charge < -0.3 is 15.3 Å². The summed E-state index contributed by atoms with van der Waals surface area (Å²) < 4.78 is 13.3. The van der Waals surface area contributed by atoms with Gasteiger partial charge in [-0.1, -0.05) is 24.3 Å². The molecule has 3 aromatic rings. The zero-order valence-electron chi connectivity index (χ0n) is 17.0. The Morgan fingerprint density at radius 2 is 1.77 bits per heavy atom. The molecule has 0 radical (unpaired) electrons.